The van der Waals surface area contributed by atoms with Gasteiger partial charge in [-0.3, -0.25) is 4.79 Å². The number of amides is 1. The molecule has 6 nitrogen and oxygen atoms in total. The number of methoxy groups -OCH3 is 1. The molecule has 9 heteroatoms. The van der Waals surface area contributed by atoms with Gasteiger partial charge in [-0.1, -0.05) is 31.5 Å². The molecule has 1 heterocycles. The molecular weight excluding hydrogens is 455 g/mol. The fourth-order valence-electron chi connectivity index (χ4n) is 3.96. The highest BCUT2D eigenvalue weighted by atomic mass is 35.5. The molecule has 0 radical (unpaired) electrons. The monoisotopic (exact) mass is 482 g/mol. The minimum Gasteiger partial charge on any atom is -0.494 e. The van der Waals surface area contributed by atoms with Crippen molar-refractivity contribution in [1.29, 1.82) is 0 Å². The maximum absolute atomic E-state index is 14.3. The predicted octanol–water partition coefficient (Wildman–Crippen LogP) is 4.23. The summed E-state index contributed by atoms with van der Waals surface area (Å²) in [5, 5.41) is 3.25. The van der Waals surface area contributed by atoms with Gasteiger partial charge in [-0.2, -0.15) is 4.31 Å². The fourth-order valence-corrected chi connectivity index (χ4v) is 5.67. The summed E-state index contributed by atoms with van der Waals surface area (Å²) < 4.78 is 47.8. The Balaban J connectivity index is 2.06. The van der Waals surface area contributed by atoms with Gasteiger partial charge < -0.3 is 10.1 Å². The van der Waals surface area contributed by atoms with E-state index in [0.29, 0.717) is 23.6 Å². The van der Waals surface area contributed by atoms with Crippen molar-refractivity contribution < 1.29 is 22.3 Å². The quantitative estimate of drug-likeness (QED) is 0.640. The number of sulfonamides is 1. The molecule has 2 aromatic rings. The van der Waals surface area contributed by atoms with E-state index in [1.54, 1.807) is 6.07 Å². The first-order valence-electron chi connectivity index (χ1n) is 10.5. The number of carbonyl (C=O) groups is 1. The Bertz CT molecular complexity index is 1060. The third-order valence-electron chi connectivity index (χ3n) is 5.91. The Kier molecular flexibility index (Phi) is 7.79. The second-order valence-electron chi connectivity index (χ2n) is 8.31. The minimum atomic E-state index is -4.08. The molecule has 0 spiro atoms. The maximum Gasteiger partial charge on any atom is 0.244 e. The first-order chi connectivity index (χ1) is 15.1. The van der Waals surface area contributed by atoms with E-state index in [2.05, 4.69) is 19.2 Å². The van der Waals surface area contributed by atoms with Gasteiger partial charge in [0.1, 0.15) is 6.04 Å². The number of halogens is 2. The van der Waals surface area contributed by atoms with Gasteiger partial charge >= 0.3 is 0 Å². The molecule has 174 valence electrons. The maximum atomic E-state index is 14.3. The summed E-state index contributed by atoms with van der Waals surface area (Å²) in [4.78, 5) is 13.0. The topological polar surface area (TPSA) is 75.7 Å². The smallest absolute Gasteiger partial charge is 0.244 e. The third-order valence-corrected chi connectivity index (χ3v) is 8.03. The van der Waals surface area contributed by atoms with Gasteiger partial charge in [0.05, 0.1) is 12.0 Å². The lowest BCUT2D eigenvalue weighted by molar-refractivity contribution is -0.124. The normalized spacial score (nSPS) is 19.7. The zero-order chi connectivity index (χ0) is 23.5. The molecule has 3 rings (SSSR count). The van der Waals surface area contributed by atoms with Crippen molar-refractivity contribution >= 4 is 27.5 Å². The van der Waals surface area contributed by atoms with Gasteiger partial charge in [-0.25, -0.2) is 12.8 Å². The average molecular weight is 483 g/mol. The Morgan fingerprint density at radius 2 is 1.91 bits per heavy atom. The molecule has 0 aromatic heterocycles. The molecule has 0 saturated carbocycles. The van der Waals surface area contributed by atoms with Crippen LogP contribution in [0.1, 0.15) is 32.3 Å². The van der Waals surface area contributed by atoms with Crippen LogP contribution in [-0.4, -0.2) is 38.3 Å². The summed E-state index contributed by atoms with van der Waals surface area (Å²) in [5.74, 6) is -0.440. The van der Waals surface area contributed by atoms with Crippen LogP contribution >= 0.6 is 11.6 Å². The standard InChI is InChI=1S/C23H28ClFN2O4S/c1-15(2)17-10-11-26-23(28)21(13-17)27(14-16-4-9-22(31-3)20(25)12-16)32(29,30)19-7-5-18(24)6-8-19/h4-9,12,15,17,21H,10-11,13-14H2,1-3H3,(H,26,28). The first kappa shape index (κ1) is 24.5. The predicted molar refractivity (Wildman–Crippen MR) is 121 cm³/mol. The number of benzene rings is 2. The lowest BCUT2D eigenvalue weighted by Gasteiger charge is -2.31. The number of carbonyl (C=O) groups excluding carboxylic acids is 1. The van der Waals surface area contributed by atoms with E-state index in [0.717, 1.165) is 6.42 Å². The van der Waals surface area contributed by atoms with Crippen LogP contribution in [0, 0.1) is 17.7 Å². The number of nitrogens with one attached hydrogen (secondary N) is 1. The van der Waals surface area contributed by atoms with Crippen LogP contribution in [0.2, 0.25) is 5.02 Å². The van der Waals surface area contributed by atoms with E-state index in [9.17, 15) is 17.6 Å². The van der Waals surface area contributed by atoms with Crippen molar-refractivity contribution in [2.75, 3.05) is 13.7 Å². The molecule has 2 atom stereocenters. The molecule has 2 unspecified atom stereocenters. The first-order valence-corrected chi connectivity index (χ1v) is 12.3. The SMILES string of the molecule is COc1ccc(CN(C2CC(C(C)C)CCNC2=O)S(=O)(=O)c2ccc(Cl)cc2)cc1F. The fraction of sp³-hybridized carbons (Fsp3) is 0.435. The van der Waals surface area contributed by atoms with Gasteiger partial charge in [0.15, 0.2) is 11.6 Å². The summed E-state index contributed by atoms with van der Waals surface area (Å²) in [5.41, 5.74) is 0.416. The van der Waals surface area contributed by atoms with Crippen LogP contribution in [0.15, 0.2) is 47.4 Å². The van der Waals surface area contributed by atoms with Crippen LogP contribution in [0.3, 0.4) is 0 Å². The number of nitrogens with zero attached hydrogens (tertiary/aromatic N) is 1. The highest BCUT2D eigenvalue weighted by Gasteiger charge is 2.39. The largest absolute Gasteiger partial charge is 0.494 e. The Hall–Kier alpha value is -2.16. The van der Waals surface area contributed by atoms with Gasteiger partial charge in [-0.05, 0) is 66.6 Å². The molecule has 1 fully saturated rings. The van der Waals surface area contributed by atoms with Crippen molar-refractivity contribution in [2.24, 2.45) is 11.8 Å². The molecule has 1 N–H and O–H groups in total. The zero-order valence-corrected chi connectivity index (χ0v) is 19.9. The molecular formula is C23H28ClFN2O4S. The van der Waals surface area contributed by atoms with Crippen molar-refractivity contribution in [3.63, 3.8) is 0 Å². The molecule has 2 aromatic carbocycles. The second-order valence-corrected chi connectivity index (χ2v) is 10.6. The number of ether oxygens (including phenoxy) is 1. The third kappa shape index (κ3) is 5.42. The minimum absolute atomic E-state index is 0.0222. The van der Waals surface area contributed by atoms with E-state index >= 15 is 0 Å². The van der Waals surface area contributed by atoms with Crippen molar-refractivity contribution in [2.45, 2.75) is 44.2 Å². The summed E-state index contributed by atoms with van der Waals surface area (Å²) in [6, 6.07) is 9.16. The van der Waals surface area contributed by atoms with E-state index in [1.165, 1.54) is 47.8 Å². The van der Waals surface area contributed by atoms with Crippen LogP contribution in [0.25, 0.3) is 0 Å². The van der Waals surface area contributed by atoms with Gasteiger partial charge in [0, 0.05) is 18.1 Å². The highest BCUT2D eigenvalue weighted by molar-refractivity contribution is 7.89. The summed E-state index contributed by atoms with van der Waals surface area (Å²) in [7, 11) is -2.72. The Labute approximate surface area is 193 Å². The van der Waals surface area contributed by atoms with Crippen LogP contribution in [0.4, 0.5) is 4.39 Å². The highest BCUT2D eigenvalue weighted by Crippen LogP contribution is 2.31. The molecule has 0 bridgehead atoms. The van der Waals surface area contributed by atoms with Crippen molar-refractivity contribution in [3.8, 4) is 5.75 Å². The summed E-state index contributed by atoms with van der Waals surface area (Å²) in [6.45, 7) is 4.46. The lowest BCUT2D eigenvalue weighted by Crippen LogP contribution is -2.48. The number of hydrogen-bond acceptors (Lipinski definition) is 4. The molecule has 32 heavy (non-hydrogen) atoms. The van der Waals surface area contributed by atoms with E-state index in [-0.39, 0.29) is 34.9 Å². The molecule has 0 aliphatic carbocycles. The number of rotatable bonds is 7. The Morgan fingerprint density at radius 3 is 2.50 bits per heavy atom. The summed E-state index contributed by atoms with van der Waals surface area (Å²) in [6.07, 6.45) is 1.15. The van der Waals surface area contributed by atoms with Gasteiger partial charge in [0.25, 0.3) is 0 Å². The molecule has 1 saturated heterocycles. The van der Waals surface area contributed by atoms with Crippen molar-refractivity contribution in [3.05, 3.63) is 58.9 Å². The van der Waals surface area contributed by atoms with Crippen LogP contribution in [-0.2, 0) is 21.4 Å². The van der Waals surface area contributed by atoms with E-state index in [4.69, 9.17) is 16.3 Å². The molecule has 1 aliphatic heterocycles. The van der Waals surface area contributed by atoms with Crippen LogP contribution in [0.5, 0.6) is 5.75 Å². The van der Waals surface area contributed by atoms with Gasteiger partial charge in [-0.15, -0.1) is 0 Å². The van der Waals surface area contributed by atoms with Crippen LogP contribution < -0.4 is 10.1 Å². The molecule has 1 aliphatic rings. The Morgan fingerprint density at radius 1 is 1.22 bits per heavy atom. The van der Waals surface area contributed by atoms with Crippen molar-refractivity contribution in [1.82, 2.24) is 9.62 Å². The number of hydrogen-bond donors (Lipinski definition) is 1. The second kappa shape index (κ2) is 10.2. The van der Waals surface area contributed by atoms with E-state index in [1.807, 2.05) is 0 Å². The molecule has 1 amide bonds. The average Bonchev–Trinajstić information content (AvgIpc) is 2.94. The lowest BCUT2D eigenvalue weighted by atomic mass is 9.87. The van der Waals surface area contributed by atoms with Gasteiger partial charge in [0.2, 0.25) is 15.9 Å². The zero-order valence-electron chi connectivity index (χ0n) is 18.3. The summed E-state index contributed by atoms with van der Waals surface area (Å²) >= 11 is 5.94. The van der Waals surface area contributed by atoms with E-state index < -0.39 is 21.9 Å².